The third kappa shape index (κ3) is 2.74. The summed E-state index contributed by atoms with van der Waals surface area (Å²) in [6, 6.07) is 17.2. The molecule has 0 aliphatic carbocycles. The first-order valence-electron chi connectivity index (χ1n) is 5.73. The van der Waals surface area contributed by atoms with E-state index in [1.54, 1.807) is 12.1 Å². The Morgan fingerprint density at radius 2 is 1.79 bits per heavy atom. The van der Waals surface area contributed by atoms with Crippen molar-refractivity contribution >= 4 is 23.3 Å². The van der Waals surface area contributed by atoms with Crippen molar-refractivity contribution in [3.63, 3.8) is 0 Å². The van der Waals surface area contributed by atoms with Crippen LogP contribution in [-0.4, -0.2) is 10.2 Å². The summed E-state index contributed by atoms with van der Waals surface area (Å²) in [4.78, 5) is 0. The van der Waals surface area contributed by atoms with Crippen molar-refractivity contribution < 1.29 is 4.42 Å². The molecule has 19 heavy (non-hydrogen) atoms. The molecule has 0 fully saturated rings. The predicted octanol–water partition coefficient (Wildman–Crippen LogP) is 4.13. The molecule has 0 spiro atoms. The maximum absolute atomic E-state index is 5.91. The fourth-order valence-corrected chi connectivity index (χ4v) is 1.85. The summed E-state index contributed by atoms with van der Waals surface area (Å²) < 4.78 is 5.54. The van der Waals surface area contributed by atoms with Crippen LogP contribution in [0.4, 0.5) is 11.7 Å². The summed E-state index contributed by atoms with van der Waals surface area (Å²) in [6.07, 6.45) is 0. The zero-order chi connectivity index (χ0) is 13.1. The standard InChI is InChI=1S/C14H10ClN3O/c15-11-7-4-8-12(9-11)16-14-18-17-13(19-14)10-5-2-1-3-6-10/h1-9H,(H,16,18). The molecule has 3 rings (SSSR count). The van der Waals surface area contributed by atoms with Crippen LogP contribution < -0.4 is 5.32 Å². The van der Waals surface area contributed by atoms with Crippen molar-refractivity contribution in [1.82, 2.24) is 10.2 Å². The molecule has 1 heterocycles. The van der Waals surface area contributed by atoms with E-state index in [-0.39, 0.29) is 0 Å². The molecule has 0 saturated carbocycles. The second kappa shape index (κ2) is 5.12. The third-order valence-corrected chi connectivity index (χ3v) is 2.76. The van der Waals surface area contributed by atoms with E-state index in [1.807, 2.05) is 42.5 Å². The molecule has 4 nitrogen and oxygen atoms in total. The summed E-state index contributed by atoms with van der Waals surface area (Å²) in [6.45, 7) is 0. The molecular weight excluding hydrogens is 262 g/mol. The molecule has 5 heteroatoms. The lowest BCUT2D eigenvalue weighted by atomic mass is 10.2. The monoisotopic (exact) mass is 271 g/mol. The molecule has 0 unspecified atom stereocenters. The van der Waals surface area contributed by atoms with Gasteiger partial charge in [0.1, 0.15) is 0 Å². The summed E-state index contributed by atoms with van der Waals surface area (Å²) in [5.41, 5.74) is 1.69. The molecule has 0 aliphatic heterocycles. The number of benzene rings is 2. The minimum atomic E-state index is 0.334. The van der Waals surface area contributed by atoms with Crippen molar-refractivity contribution in [2.24, 2.45) is 0 Å². The number of hydrogen-bond donors (Lipinski definition) is 1. The summed E-state index contributed by atoms with van der Waals surface area (Å²) in [5, 5.41) is 11.6. The van der Waals surface area contributed by atoms with Gasteiger partial charge < -0.3 is 9.73 Å². The minimum Gasteiger partial charge on any atom is -0.403 e. The van der Waals surface area contributed by atoms with Crippen LogP contribution in [0.15, 0.2) is 59.0 Å². The van der Waals surface area contributed by atoms with E-state index in [9.17, 15) is 0 Å². The molecule has 0 radical (unpaired) electrons. The molecule has 0 bridgehead atoms. The lowest BCUT2D eigenvalue weighted by Gasteiger charge is -2.00. The second-order valence-corrected chi connectivity index (χ2v) is 4.35. The first-order chi connectivity index (χ1) is 9.31. The van der Waals surface area contributed by atoms with Crippen LogP contribution in [0.3, 0.4) is 0 Å². The Balaban J connectivity index is 1.82. The Labute approximate surface area is 115 Å². The van der Waals surface area contributed by atoms with Gasteiger partial charge in [-0.3, -0.25) is 0 Å². The van der Waals surface area contributed by atoms with Gasteiger partial charge in [0.25, 0.3) is 0 Å². The molecule has 2 aromatic carbocycles. The zero-order valence-electron chi connectivity index (χ0n) is 9.88. The number of nitrogens with zero attached hydrogens (tertiary/aromatic N) is 2. The first kappa shape index (κ1) is 11.7. The van der Waals surface area contributed by atoms with Crippen LogP contribution in [0.2, 0.25) is 5.02 Å². The fraction of sp³-hybridized carbons (Fsp3) is 0. The number of hydrogen-bond acceptors (Lipinski definition) is 4. The topological polar surface area (TPSA) is 51.0 Å². The van der Waals surface area contributed by atoms with E-state index in [0.29, 0.717) is 16.9 Å². The molecule has 0 saturated heterocycles. The van der Waals surface area contributed by atoms with Crippen molar-refractivity contribution in [2.75, 3.05) is 5.32 Å². The second-order valence-electron chi connectivity index (χ2n) is 3.91. The van der Waals surface area contributed by atoms with Gasteiger partial charge in [-0.25, -0.2) is 0 Å². The van der Waals surface area contributed by atoms with Gasteiger partial charge in [-0.15, -0.1) is 5.10 Å². The van der Waals surface area contributed by atoms with E-state index < -0.39 is 0 Å². The highest BCUT2D eigenvalue weighted by atomic mass is 35.5. The Kier molecular flexibility index (Phi) is 3.16. The average Bonchev–Trinajstić information content (AvgIpc) is 2.88. The van der Waals surface area contributed by atoms with Crippen LogP contribution >= 0.6 is 11.6 Å². The van der Waals surface area contributed by atoms with Gasteiger partial charge in [-0.1, -0.05) is 41.0 Å². The molecule has 1 aromatic heterocycles. The third-order valence-electron chi connectivity index (χ3n) is 2.52. The van der Waals surface area contributed by atoms with E-state index in [4.69, 9.17) is 16.0 Å². The summed E-state index contributed by atoms with van der Waals surface area (Å²) in [5.74, 6) is 0.477. The molecule has 0 aliphatic rings. The van der Waals surface area contributed by atoms with Crippen LogP contribution in [0.5, 0.6) is 0 Å². The van der Waals surface area contributed by atoms with Gasteiger partial charge >= 0.3 is 6.01 Å². The smallest absolute Gasteiger partial charge is 0.320 e. The Hall–Kier alpha value is -2.33. The number of nitrogens with one attached hydrogen (secondary N) is 1. The van der Waals surface area contributed by atoms with E-state index in [2.05, 4.69) is 15.5 Å². The number of rotatable bonds is 3. The average molecular weight is 272 g/mol. The quantitative estimate of drug-likeness (QED) is 0.778. The van der Waals surface area contributed by atoms with Gasteiger partial charge in [0, 0.05) is 16.3 Å². The number of aromatic nitrogens is 2. The van der Waals surface area contributed by atoms with Crippen LogP contribution in [-0.2, 0) is 0 Å². The Morgan fingerprint density at radius 1 is 0.947 bits per heavy atom. The molecule has 1 N–H and O–H groups in total. The molecule has 0 amide bonds. The van der Waals surface area contributed by atoms with Gasteiger partial charge in [0.2, 0.25) is 5.89 Å². The van der Waals surface area contributed by atoms with Crippen molar-refractivity contribution in [3.05, 3.63) is 59.6 Å². The lowest BCUT2D eigenvalue weighted by Crippen LogP contribution is -1.89. The van der Waals surface area contributed by atoms with Gasteiger partial charge in [-0.05, 0) is 30.3 Å². The first-order valence-corrected chi connectivity index (χ1v) is 6.10. The Bertz CT molecular complexity index is 682. The summed E-state index contributed by atoms with van der Waals surface area (Å²) in [7, 11) is 0. The minimum absolute atomic E-state index is 0.334. The largest absolute Gasteiger partial charge is 0.403 e. The number of anilines is 2. The van der Waals surface area contributed by atoms with Crippen LogP contribution in [0, 0.1) is 0 Å². The fourth-order valence-electron chi connectivity index (χ4n) is 1.66. The van der Waals surface area contributed by atoms with E-state index in [1.165, 1.54) is 0 Å². The zero-order valence-corrected chi connectivity index (χ0v) is 10.6. The van der Waals surface area contributed by atoms with Gasteiger partial charge in [-0.2, -0.15) is 0 Å². The molecule has 94 valence electrons. The highest BCUT2D eigenvalue weighted by molar-refractivity contribution is 6.30. The maximum atomic E-state index is 5.91. The van der Waals surface area contributed by atoms with Crippen molar-refractivity contribution in [1.29, 1.82) is 0 Å². The van der Waals surface area contributed by atoms with Gasteiger partial charge in [0.05, 0.1) is 0 Å². The predicted molar refractivity (Wildman–Crippen MR) is 74.5 cm³/mol. The molecular formula is C14H10ClN3O. The van der Waals surface area contributed by atoms with Crippen molar-refractivity contribution in [2.45, 2.75) is 0 Å². The maximum Gasteiger partial charge on any atom is 0.320 e. The molecule has 3 aromatic rings. The summed E-state index contributed by atoms with van der Waals surface area (Å²) >= 11 is 5.91. The Morgan fingerprint density at radius 3 is 2.58 bits per heavy atom. The number of halogens is 1. The van der Waals surface area contributed by atoms with E-state index >= 15 is 0 Å². The molecule has 0 atom stereocenters. The SMILES string of the molecule is Clc1cccc(Nc2nnc(-c3ccccc3)o2)c1. The highest BCUT2D eigenvalue weighted by Crippen LogP contribution is 2.23. The van der Waals surface area contributed by atoms with Crippen LogP contribution in [0.1, 0.15) is 0 Å². The van der Waals surface area contributed by atoms with Crippen molar-refractivity contribution in [3.8, 4) is 11.5 Å². The van der Waals surface area contributed by atoms with Crippen LogP contribution in [0.25, 0.3) is 11.5 Å². The van der Waals surface area contributed by atoms with Gasteiger partial charge in [0.15, 0.2) is 0 Å². The lowest BCUT2D eigenvalue weighted by molar-refractivity contribution is 0.587. The van der Waals surface area contributed by atoms with E-state index in [0.717, 1.165) is 11.3 Å². The highest BCUT2D eigenvalue weighted by Gasteiger charge is 2.07. The normalized spacial score (nSPS) is 10.4.